The lowest BCUT2D eigenvalue weighted by Crippen LogP contribution is -2.05. The highest BCUT2D eigenvalue weighted by Gasteiger charge is 2.16. The van der Waals surface area contributed by atoms with E-state index in [-0.39, 0.29) is 11.8 Å². The Morgan fingerprint density at radius 3 is 2.63 bits per heavy atom. The molecule has 35 heavy (non-hydrogen) atoms. The molecule has 0 aliphatic carbocycles. The highest BCUT2D eigenvalue weighted by molar-refractivity contribution is 7.98. The first kappa shape index (κ1) is 23.1. The molecule has 5 rings (SSSR count). The lowest BCUT2D eigenvalue weighted by molar-refractivity contribution is 0.0526. The maximum Gasteiger partial charge on any atom is 0.338 e. The van der Waals surface area contributed by atoms with Crippen molar-refractivity contribution in [2.24, 2.45) is 0 Å². The maximum absolute atomic E-state index is 13.9. The van der Waals surface area contributed by atoms with Crippen molar-refractivity contribution in [3.05, 3.63) is 107 Å². The minimum absolute atomic E-state index is 0.267. The Balaban J connectivity index is 1.54. The number of hydrogen-bond donors (Lipinski definition) is 0. The number of benzene rings is 4. The number of ether oxygens (including phenoxy) is 1. The molecule has 1 heterocycles. The van der Waals surface area contributed by atoms with Gasteiger partial charge in [0, 0.05) is 5.75 Å². The van der Waals surface area contributed by atoms with Crippen LogP contribution in [0.15, 0.2) is 84.0 Å². The molecule has 0 saturated heterocycles. The van der Waals surface area contributed by atoms with Crippen LogP contribution in [0, 0.1) is 12.7 Å². The molecule has 5 aromatic rings. The molecule has 0 bridgehead atoms. The molecular formula is C29H25FN2O2S. The van der Waals surface area contributed by atoms with Gasteiger partial charge in [-0.05, 0) is 71.6 Å². The molecule has 0 N–H and O–H groups in total. The quantitative estimate of drug-likeness (QED) is 0.182. The number of hydrogen-bond acceptors (Lipinski definition) is 4. The summed E-state index contributed by atoms with van der Waals surface area (Å²) in [6.45, 7) is 4.70. The second-order valence-corrected chi connectivity index (χ2v) is 9.35. The number of rotatable bonds is 7. The molecule has 0 atom stereocenters. The van der Waals surface area contributed by atoms with Crippen LogP contribution in [-0.2, 0) is 17.0 Å². The first-order chi connectivity index (χ1) is 17.0. The number of esters is 1. The Kier molecular flexibility index (Phi) is 6.55. The summed E-state index contributed by atoms with van der Waals surface area (Å²) in [6, 6.07) is 24.8. The van der Waals surface area contributed by atoms with Crippen LogP contribution in [0.4, 0.5) is 4.39 Å². The van der Waals surface area contributed by atoms with Crippen LogP contribution in [0.5, 0.6) is 0 Å². The number of aromatic nitrogens is 2. The van der Waals surface area contributed by atoms with Crippen molar-refractivity contribution in [3.63, 3.8) is 0 Å². The molecule has 4 nitrogen and oxygen atoms in total. The van der Waals surface area contributed by atoms with Crippen LogP contribution >= 0.6 is 11.8 Å². The van der Waals surface area contributed by atoms with Crippen molar-refractivity contribution in [2.45, 2.75) is 31.3 Å². The summed E-state index contributed by atoms with van der Waals surface area (Å²) in [7, 11) is 0. The molecule has 176 valence electrons. The molecule has 0 amide bonds. The number of aryl methyl sites for hydroxylation is 1. The number of carbonyl (C=O) groups is 1. The Bertz CT molecular complexity index is 1540. The van der Waals surface area contributed by atoms with Crippen molar-refractivity contribution < 1.29 is 13.9 Å². The van der Waals surface area contributed by atoms with Crippen molar-refractivity contribution in [1.82, 2.24) is 9.55 Å². The predicted octanol–water partition coefficient (Wildman–Crippen LogP) is 7.15. The summed E-state index contributed by atoms with van der Waals surface area (Å²) in [5.41, 5.74) is 5.39. The molecule has 0 radical (unpaired) electrons. The zero-order valence-corrected chi connectivity index (χ0v) is 20.4. The summed E-state index contributed by atoms with van der Waals surface area (Å²) in [6.07, 6.45) is 0. The summed E-state index contributed by atoms with van der Waals surface area (Å²) >= 11 is 1.64. The third-order valence-corrected chi connectivity index (χ3v) is 7.07. The second-order valence-electron chi connectivity index (χ2n) is 8.41. The third-order valence-electron chi connectivity index (χ3n) is 6.04. The molecule has 0 unspecified atom stereocenters. The smallest absolute Gasteiger partial charge is 0.338 e. The number of halogens is 1. The number of fused-ring (bicyclic) bond motifs is 2. The number of carbonyl (C=O) groups excluding carboxylic acids is 1. The van der Waals surface area contributed by atoms with E-state index in [0.717, 1.165) is 22.0 Å². The molecule has 0 aliphatic rings. The van der Waals surface area contributed by atoms with E-state index in [1.165, 1.54) is 28.0 Å². The third kappa shape index (κ3) is 4.80. The van der Waals surface area contributed by atoms with E-state index in [4.69, 9.17) is 9.72 Å². The summed E-state index contributed by atoms with van der Waals surface area (Å²) < 4.78 is 21.1. The largest absolute Gasteiger partial charge is 0.462 e. The minimum Gasteiger partial charge on any atom is -0.462 e. The number of nitrogens with zero attached hydrogens (tertiary/aromatic N) is 2. The number of imidazole rings is 1. The van der Waals surface area contributed by atoms with Crippen molar-refractivity contribution in [2.75, 3.05) is 6.61 Å². The Labute approximate surface area is 207 Å². The average Bonchev–Trinajstić information content (AvgIpc) is 3.20. The Morgan fingerprint density at radius 2 is 1.83 bits per heavy atom. The molecular weight excluding hydrogens is 459 g/mol. The van der Waals surface area contributed by atoms with E-state index in [9.17, 15) is 9.18 Å². The summed E-state index contributed by atoms with van der Waals surface area (Å²) in [4.78, 5) is 17.1. The van der Waals surface area contributed by atoms with Gasteiger partial charge in [-0.15, -0.1) is 0 Å². The molecule has 4 aromatic carbocycles. The van der Waals surface area contributed by atoms with Crippen LogP contribution < -0.4 is 0 Å². The lowest BCUT2D eigenvalue weighted by Gasteiger charge is -2.11. The Hall–Kier alpha value is -3.64. The zero-order valence-electron chi connectivity index (χ0n) is 19.6. The average molecular weight is 485 g/mol. The van der Waals surface area contributed by atoms with Gasteiger partial charge in [0.15, 0.2) is 5.16 Å². The van der Waals surface area contributed by atoms with Gasteiger partial charge in [-0.25, -0.2) is 14.2 Å². The molecule has 0 spiro atoms. The van der Waals surface area contributed by atoms with Crippen LogP contribution in [0.1, 0.15) is 34.0 Å². The highest BCUT2D eigenvalue weighted by atomic mass is 32.2. The fourth-order valence-corrected chi connectivity index (χ4v) is 5.33. The fraction of sp³-hybridized carbons (Fsp3) is 0.172. The van der Waals surface area contributed by atoms with Gasteiger partial charge < -0.3 is 9.30 Å². The molecule has 0 fully saturated rings. The van der Waals surface area contributed by atoms with Gasteiger partial charge in [-0.1, -0.05) is 60.3 Å². The Morgan fingerprint density at radius 1 is 1.00 bits per heavy atom. The minimum atomic E-state index is -0.366. The zero-order chi connectivity index (χ0) is 24.4. The van der Waals surface area contributed by atoms with Gasteiger partial charge in [0.25, 0.3) is 0 Å². The van der Waals surface area contributed by atoms with Crippen LogP contribution in [-0.4, -0.2) is 22.1 Å². The highest BCUT2D eigenvalue weighted by Crippen LogP contribution is 2.31. The predicted molar refractivity (Wildman–Crippen MR) is 139 cm³/mol. The van der Waals surface area contributed by atoms with E-state index in [2.05, 4.69) is 47.9 Å². The first-order valence-electron chi connectivity index (χ1n) is 11.6. The van der Waals surface area contributed by atoms with Crippen molar-refractivity contribution >= 4 is 39.5 Å². The lowest BCUT2D eigenvalue weighted by atomic mass is 10.0. The molecule has 0 saturated carbocycles. The van der Waals surface area contributed by atoms with E-state index < -0.39 is 0 Å². The molecule has 0 aliphatic heterocycles. The van der Waals surface area contributed by atoms with E-state index >= 15 is 0 Å². The van der Waals surface area contributed by atoms with E-state index in [0.29, 0.717) is 24.2 Å². The van der Waals surface area contributed by atoms with Crippen LogP contribution in [0.2, 0.25) is 0 Å². The van der Waals surface area contributed by atoms with Gasteiger partial charge in [-0.3, -0.25) is 0 Å². The first-order valence-corrected chi connectivity index (χ1v) is 12.5. The van der Waals surface area contributed by atoms with Gasteiger partial charge >= 0.3 is 5.97 Å². The van der Waals surface area contributed by atoms with Gasteiger partial charge in [-0.2, -0.15) is 0 Å². The monoisotopic (exact) mass is 484 g/mol. The van der Waals surface area contributed by atoms with E-state index in [1.54, 1.807) is 43.0 Å². The van der Waals surface area contributed by atoms with Crippen molar-refractivity contribution in [1.29, 1.82) is 0 Å². The standard InChI is InChI=1S/C29H25FN2O2S/c1-3-34-28(33)21-13-14-27-26(16-21)31-29(32(27)17-20-7-6-8-23(30)15-20)35-18-22-12-11-19(2)24-9-4-5-10-25(22)24/h4-16H,3,17-18H2,1-2H3. The topological polar surface area (TPSA) is 44.1 Å². The van der Waals surface area contributed by atoms with Crippen LogP contribution in [0.25, 0.3) is 21.8 Å². The van der Waals surface area contributed by atoms with Gasteiger partial charge in [0.2, 0.25) is 0 Å². The van der Waals surface area contributed by atoms with Gasteiger partial charge in [0.1, 0.15) is 5.82 Å². The number of thioether (sulfide) groups is 1. The molecule has 6 heteroatoms. The SMILES string of the molecule is CCOC(=O)c1ccc2c(c1)nc(SCc1ccc(C)c3ccccc13)n2Cc1cccc(F)c1. The fourth-order valence-electron chi connectivity index (χ4n) is 4.31. The van der Waals surface area contributed by atoms with Crippen LogP contribution in [0.3, 0.4) is 0 Å². The second kappa shape index (κ2) is 9.92. The van der Waals surface area contributed by atoms with E-state index in [1.807, 2.05) is 12.1 Å². The summed E-state index contributed by atoms with van der Waals surface area (Å²) in [5.74, 6) is 0.101. The van der Waals surface area contributed by atoms with Crippen molar-refractivity contribution in [3.8, 4) is 0 Å². The maximum atomic E-state index is 13.9. The normalized spacial score (nSPS) is 11.3. The summed E-state index contributed by atoms with van der Waals surface area (Å²) in [5, 5.41) is 3.30. The van der Waals surface area contributed by atoms with Gasteiger partial charge in [0.05, 0.1) is 29.7 Å². The molecule has 1 aromatic heterocycles.